The number of carbonyl (C=O) groups excluding carboxylic acids is 3. The van der Waals surface area contributed by atoms with Gasteiger partial charge in [0.05, 0.1) is 5.69 Å². The molecule has 1 atom stereocenters. The smallest absolute Gasteiger partial charge is 0.292 e. The van der Waals surface area contributed by atoms with Gasteiger partial charge >= 0.3 is 0 Å². The zero-order valence-electron chi connectivity index (χ0n) is 18.9. The van der Waals surface area contributed by atoms with Crippen LogP contribution in [0, 0.1) is 12.8 Å². The van der Waals surface area contributed by atoms with E-state index in [0.29, 0.717) is 51.3 Å². The number of benzene rings is 1. The summed E-state index contributed by atoms with van der Waals surface area (Å²) in [5.74, 6) is 0.209. The second kappa shape index (κ2) is 9.14. The number of hydrogen-bond donors (Lipinski definition) is 0. The minimum Gasteiger partial charge on any atom is -0.351 e. The highest BCUT2D eigenvalue weighted by molar-refractivity contribution is 5.92. The quantitative estimate of drug-likeness (QED) is 0.731. The van der Waals surface area contributed by atoms with Crippen molar-refractivity contribution in [1.29, 1.82) is 0 Å². The standard InChI is InChI=1S/C24H30N4O4/c1-16(2)12-22(29)28-15-19-7-5-4-6-18(19)14-20(28)23(30)26-8-10-27(11-9-26)24(31)21-13-17(3)25-32-21/h4-7,13,16,20H,8-12,14-15H2,1-3H3. The van der Waals surface area contributed by atoms with Crippen molar-refractivity contribution < 1.29 is 18.9 Å². The van der Waals surface area contributed by atoms with Gasteiger partial charge in [0, 0.05) is 51.6 Å². The number of aromatic nitrogens is 1. The van der Waals surface area contributed by atoms with Crippen molar-refractivity contribution in [2.45, 2.75) is 46.2 Å². The van der Waals surface area contributed by atoms with Crippen LogP contribution in [-0.4, -0.2) is 69.8 Å². The van der Waals surface area contributed by atoms with Gasteiger partial charge in [-0.05, 0) is 24.0 Å². The van der Waals surface area contributed by atoms with Crippen molar-refractivity contribution in [2.24, 2.45) is 5.92 Å². The van der Waals surface area contributed by atoms with Gasteiger partial charge < -0.3 is 19.2 Å². The van der Waals surface area contributed by atoms with Crippen LogP contribution in [-0.2, 0) is 22.6 Å². The number of carbonyl (C=O) groups is 3. The monoisotopic (exact) mass is 438 g/mol. The maximum atomic E-state index is 13.5. The van der Waals surface area contributed by atoms with Crippen LogP contribution in [0.5, 0.6) is 0 Å². The molecule has 1 aromatic carbocycles. The van der Waals surface area contributed by atoms with Crippen molar-refractivity contribution in [3.8, 4) is 0 Å². The van der Waals surface area contributed by atoms with Gasteiger partial charge in [0.2, 0.25) is 17.6 Å². The summed E-state index contributed by atoms with van der Waals surface area (Å²) in [5.41, 5.74) is 2.88. The predicted octanol–water partition coefficient (Wildman–Crippen LogP) is 2.27. The van der Waals surface area contributed by atoms with Crippen molar-refractivity contribution in [3.63, 3.8) is 0 Å². The highest BCUT2D eigenvalue weighted by atomic mass is 16.5. The second-order valence-electron chi connectivity index (χ2n) is 9.06. The fraction of sp³-hybridized carbons (Fsp3) is 0.500. The fourth-order valence-electron chi connectivity index (χ4n) is 4.43. The third-order valence-electron chi connectivity index (χ3n) is 6.15. The summed E-state index contributed by atoms with van der Waals surface area (Å²) in [4.78, 5) is 44.3. The molecule has 2 aromatic rings. The minimum atomic E-state index is -0.504. The molecule has 3 heterocycles. The number of piperazine rings is 1. The van der Waals surface area contributed by atoms with Crippen LogP contribution in [0.4, 0.5) is 0 Å². The Labute approximate surface area is 188 Å². The first-order valence-corrected chi connectivity index (χ1v) is 11.2. The Morgan fingerprint density at radius 2 is 1.72 bits per heavy atom. The molecule has 0 N–H and O–H groups in total. The van der Waals surface area contributed by atoms with Crippen LogP contribution >= 0.6 is 0 Å². The molecule has 3 amide bonds. The molecule has 1 saturated heterocycles. The third kappa shape index (κ3) is 4.54. The second-order valence-corrected chi connectivity index (χ2v) is 9.06. The van der Waals surface area contributed by atoms with E-state index in [1.54, 1.807) is 27.7 Å². The fourth-order valence-corrected chi connectivity index (χ4v) is 4.43. The van der Waals surface area contributed by atoms with Gasteiger partial charge in [0.25, 0.3) is 5.91 Å². The number of hydrogen-bond acceptors (Lipinski definition) is 5. The van der Waals surface area contributed by atoms with Crippen LogP contribution in [0.1, 0.15) is 47.6 Å². The molecule has 170 valence electrons. The van der Waals surface area contributed by atoms with E-state index in [1.807, 2.05) is 38.1 Å². The summed E-state index contributed by atoms with van der Waals surface area (Å²) in [6, 6.07) is 9.13. The topological polar surface area (TPSA) is 87.0 Å². The molecule has 2 aliphatic heterocycles. The zero-order valence-corrected chi connectivity index (χ0v) is 18.9. The lowest BCUT2D eigenvalue weighted by atomic mass is 9.92. The molecule has 0 saturated carbocycles. The molecule has 1 fully saturated rings. The normalized spacial score (nSPS) is 18.6. The molecule has 8 heteroatoms. The van der Waals surface area contributed by atoms with Gasteiger partial charge in [-0.1, -0.05) is 43.3 Å². The SMILES string of the molecule is Cc1cc(C(=O)N2CCN(C(=O)C3Cc4ccccc4CN3C(=O)CC(C)C)CC2)on1. The zero-order chi connectivity index (χ0) is 22.8. The largest absolute Gasteiger partial charge is 0.351 e. The van der Waals surface area contributed by atoms with E-state index in [1.165, 1.54) is 0 Å². The lowest BCUT2D eigenvalue weighted by Gasteiger charge is -2.41. The molecular formula is C24H30N4O4. The average Bonchev–Trinajstić information content (AvgIpc) is 3.23. The van der Waals surface area contributed by atoms with Gasteiger partial charge in [0.15, 0.2) is 0 Å². The Hall–Kier alpha value is -3.16. The molecule has 0 spiro atoms. The number of aryl methyl sites for hydroxylation is 1. The van der Waals surface area contributed by atoms with Crippen LogP contribution in [0.15, 0.2) is 34.9 Å². The summed E-state index contributed by atoms with van der Waals surface area (Å²) in [6.45, 7) is 7.97. The lowest BCUT2D eigenvalue weighted by Crippen LogP contribution is -2.58. The molecule has 4 rings (SSSR count). The molecule has 2 aliphatic rings. The third-order valence-corrected chi connectivity index (χ3v) is 6.15. The van der Waals surface area contributed by atoms with Gasteiger partial charge in [-0.25, -0.2) is 0 Å². The first kappa shape index (κ1) is 22.0. The predicted molar refractivity (Wildman–Crippen MR) is 118 cm³/mol. The lowest BCUT2D eigenvalue weighted by molar-refractivity contribution is -0.148. The minimum absolute atomic E-state index is 0.0161. The van der Waals surface area contributed by atoms with Gasteiger partial charge in [-0.2, -0.15) is 0 Å². The number of fused-ring (bicyclic) bond motifs is 1. The molecule has 0 bridgehead atoms. The maximum absolute atomic E-state index is 13.5. The summed E-state index contributed by atoms with van der Waals surface area (Å²) in [5, 5.41) is 3.78. The molecule has 1 unspecified atom stereocenters. The highest BCUT2D eigenvalue weighted by Crippen LogP contribution is 2.26. The molecule has 0 aliphatic carbocycles. The van der Waals surface area contributed by atoms with E-state index >= 15 is 0 Å². The Bertz CT molecular complexity index is 1010. The summed E-state index contributed by atoms with van der Waals surface area (Å²) in [7, 11) is 0. The van der Waals surface area contributed by atoms with Gasteiger partial charge in [-0.15, -0.1) is 0 Å². The molecule has 32 heavy (non-hydrogen) atoms. The Morgan fingerprint density at radius 3 is 2.34 bits per heavy atom. The van der Waals surface area contributed by atoms with Crippen molar-refractivity contribution in [2.75, 3.05) is 26.2 Å². The Balaban J connectivity index is 1.46. The van der Waals surface area contributed by atoms with E-state index in [9.17, 15) is 14.4 Å². The van der Waals surface area contributed by atoms with Crippen molar-refractivity contribution in [3.05, 3.63) is 52.9 Å². The van der Waals surface area contributed by atoms with Crippen LogP contribution in [0.3, 0.4) is 0 Å². The van der Waals surface area contributed by atoms with Gasteiger partial charge in [-0.3, -0.25) is 14.4 Å². The summed E-state index contributed by atoms with van der Waals surface area (Å²) in [6.07, 6.45) is 0.945. The van der Waals surface area contributed by atoms with E-state index < -0.39 is 6.04 Å². The Morgan fingerprint density at radius 1 is 1.06 bits per heavy atom. The van der Waals surface area contributed by atoms with Crippen LogP contribution in [0.2, 0.25) is 0 Å². The first-order chi connectivity index (χ1) is 15.3. The van der Waals surface area contributed by atoms with Crippen molar-refractivity contribution >= 4 is 17.7 Å². The van der Waals surface area contributed by atoms with Gasteiger partial charge in [0.1, 0.15) is 6.04 Å². The summed E-state index contributed by atoms with van der Waals surface area (Å²) < 4.78 is 5.09. The van der Waals surface area contributed by atoms with E-state index in [2.05, 4.69) is 5.16 Å². The number of rotatable bonds is 4. The molecule has 8 nitrogen and oxygen atoms in total. The van der Waals surface area contributed by atoms with E-state index in [4.69, 9.17) is 4.52 Å². The van der Waals surface area contributed by atoms with E-state index in [-0.39, 0.29) is 29.4 Å². The molecular weight excluding hydrogens is 408 g/mol. The maximum Gasteiger partial charge on any atom is 0.292 e. The average molecular weight is 439 g/mol. The van der Waals surface area contributed by atoms with Crippen molar-refractivity contribution in [1.82, 2.24) is 19.9 Å². The number of nitrogens with zero attached hydrogens (tertiary/aromatic N) is 4. The van der Waals surface area contributed by atoms with Crippen LogP contribution in [0.25, 0.3) is 0 Å². The Kier molecular flexibility index (Phi) is 6.30. The van der Waals surface area contributed by atoms with Crippen LogP contribution < -0.4 is 0 Å². The molecule has 1 aromatic heterocycles. The first-order valence-electron chi connectivity index (χ1n) is 11.2. The van der Waals surface area contributed by atoms with E-state index in [0.717, 1.165) is 11.1 Å². The number of amides is 3. The highest BCUT2D eigenvalue weighted by Gasteiger charge is 2.38. The molecule has 0 radical (unpaired) electrons. The summed E-state index contributed by atoms with van der Waals surface area (Å²) >= 11 is 0.